The summed E-state index contributed by atoms with van der Waals surface area (Å²) in [5, 5.41) is 3.25. The monoisotopic (exact) mass is 348 g/mol. The normalized spacial score (nSPS) is 20.7. The van der Waals surface area contributed by atoms with Gasteiger partial charge in [0.25, 0.3) is 0 Å². The van der Waals surface area contributed by atoms with Crippen molar-refractivity contribution < 1.29 is 4.79 Å². The summed E-state index contributed by atoms with van der Waals surface area (Å²) in [5.74, 6) is 0.155. The average Bonchev–Trinajstić information content (AvgIpc) is 3.30. The zero-order valence-electron chi connectivity index (χ0n) is 15.6. The predicted molar refractivity (Wildman–Crippen MR) is 105 cm³/mol. The Bertz CT molecular complexity index is 771. The van der Waals surface area contributed by atoms with Gasteiger partial charge in [-0.05, 0) is 54.9 Å². The van der Waals surface area contributed by atoms with E-state index in [-0.39, 0.29) is 11.9 Å². The number of nitrogens with zero attached hydrogens (tertiary/aromatic N) is 1. The Labute approximate surface area is 156 Å². The molecule has 2 atom stereocenters. The van der Waals surface area contributed by atoms with Crippen molar-refractivity contribution in [2.24, 2.45) is 0 Å². The first-order chi connectivity index (χ1) is 12.7. The van der Waals surface area contributed by atoms with Gasteiger partial charge in [0, 0.05) is 25.2 Å². The zero-order chi connectivity index (χ0) is 17.9. The Morgan fingerprint density at radius 3 is 2.81 bits per heavy atom. The van der Waals surface area contributed by atoms with E-state index in [4.69, 9.17) is 0 Å². The first-order valence-electron chi connectivity index (χ1n) is 9.88. The summed E-state index contributed by atoms with van der Waals surface area (Å²) >= 11 is 0. The molecule has 0 bridgehead atoms. The highest BCUT2D eigenvalue weighted by molar-refractivity contribution is 5.79. The van der Waals surface area contributed by atoms with Gasteiger partial charge < -0.3 is 5.32 Å². The van der Waals surface area contributed by atoms with Crippen LogP contribution in [-0.2, 0) is 24.1 Å². The van der Waals surface area contributed by atoms with Crippen LogP contribution in [0.4, 0.5) is 0 Å². The fourth-order valence-corrected chi connectivity index (χ4v) is 4.40. The Morgan fingerprint density at radius 1 is 1.15 bits per heavy atom. The Kier molecular flexibility index (Phi) is 5.07. The highest BCUT2D eigenvalue weighted by Gasteiger charge is 2.27. The molecule has 1 aliphatic heterocycles. The third-order valence-electron chi connectivity index (χ3n) is 5.94. The Morgan fingerprint density at radius 2 is 1.96 bits per heavy atom. The number of rotatable bonds is 5. The maximum absolute atomic E-state index is 12.5. The molecule has 1 aliphatic carbocycles. The van der Waals surface area contributed by atoms with Crippen LogP contribution in [0.15, 0.2) is 48.5 Å². The van der Waals surface area contributed by atoms with Gasteiger partial charge in [-0.25, -0.2) is 0 Å². The van der Waals surface area contributed by atoms with Crippen LogP contribution in [0.3, 0.4) is 0 Å². The number of nitrogens with one attached hydrogen (secondary N) is 1. The van der Waals surface area contributed by atoms with Gasteiger partial charge in [0.1, 0.15) is 0 Å². The molecule has 3 heteroatoms. The standard InChI is InChI=1S/C23H28N2O/c1-17(19-6-3-2-4-7-19)25-13-12-22(16-25)24-23(26)15-18-10-11-20-8-5-9-21(20)14-18/h2-4,6-7,10-11,14,17,22H,5,8-9,12-13,15-16H2,1H3,(H,24,26)/t17-,22+/m1/s1. The molecule has 0 spiro atoms. The molecule has 0 aromatic heterocycles. The van der Waals surface area contributed by atoms with E-state index in [1.165, 1.54) is 36.0 Å². The van der Waals surface area contributed by atoms with E-state index in [0.717, 1.165) is 25.1 Å². The van der Waals surface area contributed by atoms with Crippen LogP contribution in [0.5, 0.6) is 0 Å². The Balaban J connectivity index is 1.30. The fraction of sp³-hybridized carbons (Fsp3) is 0.435. The molecule has 136 valence electrons. The van der Waals surface area contributed by atoms with Gasteiger partial charge in [-0.3, -0.25) is 9.69 Å². The number of aryl methyl sites for hydroxylation is 2. The summed E-state index contributed by atoms with van der Waals surface area (Å²) in [6, 6.07) is 17.9. The lowest BCUT2D eigenvalue weighted by Crippen LogP contribution is -2.38. The van der Waals surface area contributed by atoms with Gasteiger partial charge in [0.15, 0.2) is 0 Å². The SMILES string of the molecule is C[C@H](c1ccccc1)N1CC[C@H](NC(=O)Cc2ccc3c(c2)CCC3)C1. The van der Waals surface area contributed by atoms with E-state index in [1.807, 2.05) is 0 Å². The van der Waals surface area contributed by atoms with Crippen molar-refractivity contribution in [1.29, 1.82) is 0 Å². The van der Waals surface area contributed by atoms with Crippen LogP contribution < -0.4 is 5.32 Å². The van der Waals surface area contributed by atoms with Gasteiger partial charge in [-0.2, -0.15) is 0 Å². The first kappa shape index (κ1) is 17.3. The summed E-state index contributed by atoms with van der Waals surface area (Å²) in [6.45, 7) is 4.23. The van der Waals surface area contributed by atoms with Crippen molar-refractivity contribution in [3.8, 4) is 0 Å². The molecule has 4 rings (SSSR count). The van der Waals surface area contributed by atoms with Crippen molar-refractivity contribution in [3.63, 3.8) is 0 Å². The van der Waals surface area contributed by atoms with E-state index in [1.54, 1.807) is 0 Å². The van der Waals surface area contributed by atoms with E-state index < -0.39 is 0 Å². The lowest BCUT2D eigenvalue weighted by molar-refractivity contribution is -0.121. The van der Waals surface area contributed by atoms with Gasteiger partial charge in [-0.1, -0.05) is 48.5 Å². The van der Waals surface area contributed by atoms with E-state index in [0.29, 0.717) is 12.5 Å². The topological polar surface area (TPSA) is 32.3 Å². The maximum Gasteiger partial charge on any atom is 0.224 e. The van der Waals surface area contributed by atoms with Crippen molar-refractivity contribution in [2.75, 3.05) is 13.1 Å². The fourth-order valence-electron chi connectivity index (χ4n) is 4.40. The number of carbonyl (C=O) groups excluding carboxylic acids is 1. The molecule has 2 aliphatic rings. The van der Waals surface area contributed by atoms with Crippen LogP contribution >= 0.6 is 0 Å². The Hall–Kier alpha value is -2.13. The molecule has 26 heavy (non-hydrogen) atoms. The molecule has 2 aromatic rings. The molecule has 1 heterocycles. The highest BCUT2D eigenvalue weighted by Crippen LogP contribution is 2.25. The number of amides is 1. The molecule has 1 fully saturated rings. The molecule has 1 amide bonds. The summed E-state index contributed by atoms with van der Waals surface area (Å²) < 4.78 is 0. The third kappa shape index (κ3) is 3.83. The second kappa shape index (κ2) is 7.63. The molecule has 1 saturated heterocycles. The lowest BCUT2D eigenvalue weighted by Gasteiger charge is -2.24. The number of benzene rings is 2. The average molecular weight is 348 g/mol. The number of fused-ring (bicyclic) bond motifs is 1. The highest BCUT2D eigenvalue weighted by atomic mass is 16.1. The van der Waals surface area contributed by atoms with Crippen LogP contribution in [0, 0.1) is 0 Å². The quantitative estimate of drug-likeness (QED) is 0.894. The van der Waals surface area contributed by atoms with Gasteiger partial charge >= 0.3 is 0 Å². The summed E-state index contributed by atoms with van der Waals surface area (Å²) in [6.07, 6.45) is 5.15. The molecular formula is C23H28N2O. The second-order valence-corrected chi connectivity index (χ2v) is 7.77. The number of likely N-dealkylation sites (tertiary alicyclic amines) is 1. The minimum atomic E-state index is 0.155. The molecule has 0 unspecified atom stereocenters. The van der Waals surface area contributed by atoms with Crippen molar-refractivity contribution >= 4 is 5.91 Å². The smallest absolute Gasteiger partial charge is 0.224 e. The van der Waals surface area contributed by atoms with Crippen molar-refractivity contribution in [3.05, 3.63) is 70.8 Å². The van der Waals surface area contributed by atoms with E-state index >= 15 is 0 Å². The summed E-state index contributed by atoms with van der Waals surface area (Å²) in [4.78, 5) is 15.0. The summed E-state index contributed by atoms with van der Waals surface area (Å²) in [5.41, 5.74) is 5.41. The van der Waals surface area contributed by atoms with Crippen LogP contribution in [0.1, 0.15) is 48.1 Å². The minimum Gasteiger partial charge on any atom is -0.352 e. The lowest BCUT2D eigenvalue weighted by atomic mass is 10.0. The van der Waals surface area contributed by atoms with Crippen molar-refractivity contribution in [2.45, 2.75) is 51.1 Å². The summed E-state index contributed by atoms with van der Waals surface area (Å²) in [7, 11) is 0. The molecular weight excluding hydrogens is 320 g/mol. The van der Waals surface area contributed by atoms with Gasteiger partial charge in [-0.15, -0.1) is 0 Å². The predicted octanol–water partition coefficient (Wildman–Crippen LogP) is 3.67. The third-order valence-corrected chi connectivity index (χ3v) is 5.94. The van der Waals surface area contributed by atoms with E-state index in [9.17, 15) is 4.79 Å². The molecule has 0 radical (unpaired) electrons. The molecule has 2 aromatic carbocycles. The number of hydrogen-bond acceptors (Lipinski definition) is 2. The molecule has 3 nitrogen and oxygen atoms in total. The van der Waals surface area contributed by atoms with E-state index in [2.05, 4.69) is 65.7 Å². The second-order valence-electron chi connectivity index (χ2n) is 7.77. The zero-order valence-corrected chi connectivity index (χ0v) is 15.6. The maximum atomic E-state index is 12.5. The largest absolute Gasteiger partial charge is 0.352 e. The first-order valence-corrected chi connectivity index (χ1v) is 9.88. The number of carbonyl (C=O) groups is 1. The minimum absolute atomic E-state index is 0.155. The van der Waals surface area contributed by atoms with Crippen LogP contribution in [0.2, 0.25) is 0 Å². The molecule has 1 N–H and O–H groups in total. The van der Waals surface area contributed by atoms with Crippen LogP contribution in [0.25, 0.3) is 0 Å². The van der Waals surface area contributed by atoms with Crippen LogP contribution in [-0.4, -0.2) is 29.9 Å². The van der Waals surface area contributed by atoms with Gasteiger partial charge in [0.05, 0.1) is 6.42 Å². The van der Waals surface area contributed by atoms with Gasteiger partial charge in [0.2, 0.25) is 5.91 Å². The molecule has 0 saturated carbocycles. The van der Waals surface area contributed by atoms with Crippen molar-refractivity contribution in [1.82, 2.24) is 10.2 Å². The number of hydrogen-bond donors (Lipinski definition) is 1.